The fourth-order valence-electron chi connectivity index (χ4n) is 4.11. The van der Waals surface area contributed by atoms with Crippen molar-refractivity contribution < 1.29 is 9.59 Å². The fraction of sp³-hybridized carbons (Fsp3) is 0.0769. The van der Waals surface area contributed by atoms with Crippen LogP contribution in [-0.4, -0.2) is 16.5 Å². The highest BCUT2D eigenvalue weighted by molar-refractivity contribution is 6.30. The molecule has 6 heteroatoms. The van der Waals surface area contributed by atoms with E-state index in [1.54, 1.807) is 30.3 Å². The molecule has 5 rings (SSSR count). The summed E-state index contributed by atoms with van der Waals surface area (Å²) in [6.45, 7) is 2.70. The second kappa shape index (κ2) is 8.02. The Bertz CT molecular complexity index is 1370. The number of halogens is 1. The minimum Gasteiger partial charge on any atom is -0.340 e. The molecule has 0 unspecified atom stereocenters. The maximum absolute atomic E-state index is 13.1. The van der Waals surface area contributed by atoms with Gasteiger partial charge in [0.1, 0.15) is 5.70 Å². The Labute approximate surface area is 190 Å². The number of anilines is 1. The number of para-hydroxylation sites is 2. The van der Waals surface area contributed by atoms with Crippen molar-refractivity contribution in [2.24, 2.45) is 0 Å². The van der Waals surface area contributed by atoms with Gasteiger partial charge in [-0.1, -0.05) is 60.1 Å². The van der Waals surface area contributed by atoms with Gasteiger partial charge in [-0.25, -0.2) is 9.69 Å². The van der Waals surface area contributed by atoms with E-state index in [4.69, 9.17) is 11.6 Å². The van der Waals surface area contributed by atoms with E-state index in [2.05, 4.69) is 16.0 Å². The van der Waals surface area contributed by atoms with Gasteiger partial charge in [0.05, 0.1) is 5.69 Å². The number of nitrogens with zero attached hydrogens (tertiary/aromatic N) is 2. The maximum atomic E-state index is 13.1. The quantitative estimate of drug-likeness (QED) is 0.324. The average molecular weight is 442 g/mol. The molecule has 5 nitrogen and oxygen atoms in total. The van der Waals surface area contributed by atoms with Crippen LogP contribution in [0.4, 0.5) is 10.5 Å². The summed E-state index contributed by atoms with van der Waals surface area (Å²) in [6.07, 6.45) is 1.78. The van der Waals surface area contributed by atoms with E-state index in [9.17, 15) is 9.59 Å². The topological polar surface area (TPSA) is 54.3 Å². The van der Waals surface area contributed by atoms with E-state index in [-0.39, 0.29) is 11.6 Å². The Morgan fingerprint density at radius 3 is 2.34 bits per heavy atom. The minimum atomic E-state index is -0.449. The SMILES string of the molecule is Cc1c(/C=C2/NC(=O)N(c3ccccc3)C2=O)c2ccccc2n1Cc1ccc(Cl)cc1. The Kier molecular flexibility index (Phi) is 5.04. The minimum absolute atomic E-state index is 0.261. The first-order valence-corrected chi connectivity index (χ1v) is 10.6. The number of benzene rings is 3. The lowest BCUT2D eigenvalue weighted by molar-refractivity contribution is -0.113. The third kappa shape index (κ3) is 3.47. The van der Waals surface area contributed by atoms with E-state index in [0.29, 0.717) is 17.3 Å². The summed E-state index contributed by atoms with van der Waals surface area (Å²) in [7, 11) is 0. The van der Waals surface area contributed by atoms with E-state index >= 15 is 0 Å². The van der Waals surface area contributed by atoms with Gasteiger partial charge < -0.3 is 9.88 Å². The molecule has 1 aliphatic heterocycles. The maximum Gasteiger partial charge on any atom is 0.333 e. The van der Waals surface area contributed by atoms with Crippen molar-refractivity contribution in [2.75, 3.05) is 4.90 Å². The molecule has 0 bridgehead atoms. The predicted octanol–water partition coefficient (Wildman–Crippen LogP) is 5.75. The zero-order valence-electron chi connectivity index (χ0n) is 17.4. The second-order valence-electron chi connectivity index (χ2n) is 7.69. The highest BCUT2D eigenvalue weighted by atomic mass is 35.5. The van der Waals surface area contributed by atoms with Gasteiger partial charge >= 0.3 is 6.03 Å². The van der Waals surface area contributed by atoms with Gasteiger partial charge in [0, 0.05) is 33.7 Å². The molecule has 1 aliphatic rings. The number of hydrogen-bond donors (Lipinski definition) is 1. The molecule has 0 atom stereocenters. The molecule has 3 amide bonds. The smallest absolute Gasteiger partial charge is 0.333 e. The summed E-state index contributed by atoms with van der Waals surface area (Å²) in [5.41, 5.74) is 4.90. The molecule has 2 heterocycles. The second-order valence-corrected chi connectivity index (χ2v) is 8.13. The van der Waals surface area contributed by atoms with Crippen molar-refractivity contribution in [3.63, 3.8) is 0 Å². The molecule has 0 saturated carbocycles. The summed E-state index contributed by atoms with van der Waals surface area (Å²) >= 11 is 6.04. The van der Waals surface area contributed by atoms with Crippen molar-refractivity contribution >= 4 is 46.2 Å². The molecule has 1 saturated heterocycles. The molecule has 3 aromatic carbocycles. The normalized spacial score (nSPS) is 15.1. The van der Waals surface area contributed by atoms with E-state index in [0.717, 1.165) is 32.6 Å². The molecule has 0 radical (unpaired) electrons. The molecule has 1 fully saturated rings. The Morgan fingerprint density at radius 2 is 1.59 bits per heavy atom. The van der Waals surface area contributed by atoms with E-state index in [1.165, 1.54) is 0 Å². The van der Waals surface area contributed by atoms with Crippen molar-refractivity contribution in [1.82, 2.24) is 9.88 Å². The van der Waals surface area contributed by atoms with Crippen LogP contribution in [-0.2, 0) is 11.3 Å². The van der Waals surface area contributed by atoms with Crippen LogP contribution in [0.3, 0.4) is 0 Å². The van der Waals surface area contributed by atoms with Gasteiger partial charge in [-0.2, -0.15) is 0 Å². The van der Waals surface area contributed by atoms with Crippen molar-refractivity contribution in [3.05, 3.63) is 106 Å². The number of imide groups is 1. The van der Waals surface area contributed by atoms with Gasteiger partial charge in [0.25, 0.3) is 5.91 Å². The number of aromatic nitrogens is 1. The largest absolute Gasteiger partial charge is 0.340 e. The van der Waals surface area contributed by atoms with Crippen molar-refractivity contribution in [2.45, 2.75) is 13.5 Å². The molecule has 1 aromatic heterocycles. The summed E-state index contributed by atoms with van der Waals surface area (Å²) in [6, 6.07) is 24.3. The van der Waals surface area contributed by atoms with Crippen LogP contribution < -0.4 is 10.2 Å². The molecule has 4 aromatic rings. The fourth-order valence-corrected chi connectivity index (χ4v) is 4.23. The molecule has 0 aliphatic carbocycles. The number of carbonyl (C=O) groups is 2. The molecule has 1 N–H and O–H groups in total. The van der Waals surface area contributed by atoms with E-state index < -0.39 is 6.03 Å². The van der Waals surface area contributed by atoms with Gasteiger partial charge in [-0.15, -0.1) is 0 Å². The highest BCUT2D eigenvalue weighted by Crippen LogP contribution is 2.30. The summed E-state index contributed by atoms with van der Waals surface area (Å²) in [5.74, 6) is -0.366. The third-order valence-electron chi connectivity index (χ3n) is 5.71. The average Bonchev–Trinajstić information content (AvgIpc) is 3.23. The predicted molar refractivity (Wildman–Crippen MR) is 128 cm³/mol. The molecule has 158 valence electrons. The summed E-state index contributed by atoms with van der Waals surface area (Å²) < 4.78 is 2.21. The molecule has 32 heavy (non-hydrogen) atoms. The molecular weight excluding hydrogens is 422 g/mol. The van der Waals surface area contributed by atoms with Crippen molar-refractivity contribution in [3.8, 4) is 0 Å². The van der Waals surface area contributed by atoms with Gasteiger partial charge in [-0.05, 0) is 48.9 Å². The Balaban J connectivity index is 1.57. The van der Waals surface area contributed by atoms with Crippen LogP contribution in [0, 0.1) is 6.92 Å². The van der Waals surface area contributed by atoms with Crippen LogP contribution in [0.15, 0.2) is 84.6 Å². The highest BCUT2D eigenvalue weighted by Gasteiger charge is 2.35. The first-order chi connectivity index (χ1) is 15.5. The lowest BCUT2D eigenvalue weighted by atomic mass is 10.1. The van der Waals surface area contributed by atoms with Crippen LogP contribution >= 0.6 is 11.6 Å². The van der Waals surface area contributed by atoms with Crippen LogP contribution in [0.25, 0.3) is 17.0 Å². The first-order valence-electron chi connectivity index (χ1n) is 10.3. The number of nitrogens with one attached hydrogen (secondary N) is 1. The van der Waals surface area contributed by atoms with Crippen LogP contribution in [0.1, 0.15) is 16.8 Å². The lowest BCUT2D eigenvalue weighted by Gasteiger charge is -2.10. The summed E-state index contributed by atoms with van der Waals surface area (Å²) in [5, 5.41) is 4.45. The van der Waals surface area contributed by atoms with Gasteiger partial charge in [0.2, 0.25) is 0 Å². The van der Waals surface area contributed by atoms with Crippen molar-refractivity contribution in [1.29, 1.82) is 0 Å². The lowest BCUT2D eigenvalue weighted by Crippen LogP contribution is -2.30. The number of hydrogen-bond acceptors (Lipinski definition) is 2. The van der Waals surface area contributed by atoms with Crippen LogP contribution in [0.2, 0.25) is 5.02 Å². The number of carbonyl (C=O) groups excluding carboxylic acids is 2. The van der Waals surface area contributed by atoms with Gasteiger partial charge in [0.15, 0.2) is 0 Å². The number of fused-ring (bicyclic) bond motifs is 1. The molecule has 0 spiro atoms. The number of rotatable bonds is 4. The Hall–Kier alpha value is -3.83. The monoisotopic (exact) mass is 441 g/mol. The zero-order chi connectivity index (χ0) is 22.2. The third-order valence-corrected chi connectivity index (χ3v) is 5.97. The van der Waals surface area contributed by atoms with E-state index in [1.807, 2.05) is 55.5 Å². The van der Waals surface area contributed by atoms with Crippen LogP contribution in [0.5, 0.6) is 0 Å². The molecular formula is C26H20ClN3O2. The number of amides is 3. The van der Waals surface area contributed by atoms with Gasteiger partial charge in [-0.3, -0.25) is 4.79 Å². The Morgan fingerprint density at radius 1 is 0.906 bits per heavy atom. The first kappa shape index (κ1) is 20.1. The standard InChI is InChI=1S/C26H20ClN3O2/c1-17-22(15-23-25(31)30(26(32)28-23)20-7-3-2-4-8-20)21-9-5-6-10-24(21)29(17)16-18-11-13-19(27)14-12-18/h2-15H,16H2,1H3,(H,28,32)/b23-15+. The summed E-state index contributed by atoms with van der Waals surface area (Å²) in [4.78, 5) is 26.8. The zero-order valence-corrected chi connectivity index (χ0v) is 18.1. The number of urea groups is 1.